The second-order valence-corrected chi connectivity index (χ2v) is 8.39. The first-order valence-corrected chi connectivity index (χ1v) is 9.18. The number of piperidine rings is 1. The molecule has 0 bridgehead atoms. The molecule has 0 aromatic rings. The number of oxime groups is 1. The lowest BCUT2D eigenvalue weighted by atomic mass is 9.80. The summed E-state index contributed by atoms with van der Waals surface area (Å²) in [5.41, 5.74) is -0.363. The quantitative estimate of drug-likeness (QED) is 0.767. The lowest BCUT2D eigenvalue weighted by molar-refractivity contribution is -0.126. The van der Waals surface area contributed by atoms with Crippen molar-refractivity contribution in [3.05, 3.63) is 0 Å². The Labute approximate surface area is 149 Å². The number of carbonyl (C=O) groups excluding carboxylic acids is 1. The normalized spacial score (nSPS) is 33.9. The van der Waals surface area contributed by atoms with Gasteiger partial charge in [-0.1, -0.05) is 5.16 Å². The molecule has 0 aromatic carbocycles. The van der Waals surface area contributed by atoms with E-state index >= 15 is 0 Å². The SMILES string of the molecule is O=C(NC1CC(F)(F)C1)C1=NOC2(CCCN(CC3CC(F)(F)C3)C2)C1. The number of carbonyl (C=O) groups is 1. The van der Waals surface area contributed by atoms with Crippen molar-refractivity contribution < 1.29 is 27.2 Å². The van der Waals surface area contributed by atoms with Crippen LogP contribution >= 0.6 is 0 Å². The fourth-order valence-electron chi connectivity index (χ4n) is 4.52. The largest absolute Gasteiger partial charge is 0.387 e. The van der Waals surface area contributed by atoms with Crippen LogP contribution in [0.3, 0.4) is 0 Å². The molecule has 2 aliphatic heterocycles. The number of nitrogens with zero attached hydrogens (tertiary/aromatic N) is 2. The summed E-state index contributed by atoms with van der Waals surface area (Å²) in [6.45, 7) is 1.99. The number of hydrogen-bond donors (Lipinski definition) is 1. The predicted molar refractivity (Wildman–Crippen MR) is 85.3 cm³/mol. The molecule has 1 spiro atoms. The third kappa shape index (κ3) is 3.68. The summed E-state index contributed by atoms with van der Waals surface area (Å²) >= 11 is 0. The maximum atomic E-state index is 13.0. The molecule has 3 fully saturated rings. The van der Waals surface area contributed by atoms with Crippen LogP contribution in [-0.4, -0.2) is 59.6 Å². The maximum absolute atomic E-state index is 13.0. The van der Waals surface area contributed by atoms with Crippen LogP contribution < -0.4 is 5.32 Å². The summed E-state index contributed by atoms with van der Waals surface area (Å²) < 4.78 is 51.8. The molecule has 1 saturated heterocycles. The maximum Gasteiger partial charge on any atom is 0.269 e. The van der Waals surface area contributed by atoms with Gasteiger partial charge in [-0.2, -0.15) is 0 Å². The van der Waals surface area contributed by atoms with E-state index < -0.39 is 29.4 Å². The monoisotopic (exact) mass is 377 g/mol. The second-order valence-electron chi connectivity index (χ2n) is 8.39. The van der Waals surface area contributed by atoms with Crippen molar-refractivity contribution in [3.8, 4) is 0 Å². The van der Waals surface area contributed by atoms with Gasteiger partial charge in [0.05, 0.1) is 0 Å². The Kier molecular flexibility index (Phi) is 4.20. The zero-order valence-corrected chi connectivity index (χ0v) is 14.4. The molecule has 1 N–H and O–H groups in total. The first kappa shape index (κ1) is 18.0. The highest BCUT2D eigenvalue weighted by Crippen LogP contribution is 2.43. The van der Waals surface area contributed by atoms with E-state index in [0.717, 1.165) is 19.4 Å². The molecule has 0 radical (unpaired) electrons. The summed E-state index contributed by atoms with van der Waals surface area (Å²) in [7, 11) is 0. The van der Waals surface area contributed by atoms with Gasteiger partial charge in [0.15, 0.2) is 5.60 Å². The minimum Gasteiger partial charge on any atom is -0.387 e. The van der Waals surface area contributed by atoms with Crippen molar-refractivity contribution in [1.82, 2.24) is 10.2 Å². The van der Waals surface area contributed by atoms with Gasteiger partial charge in [-0.15, -0.1) is 0 Å². The van der Waals surface area contributed by atoms with Crippen LogP contribution in [0, 0.1) is 5.92 Å². The number of hydrogen-bond acceptors (Lipinski definition) is 4. The van der Waals surface area contributed by atoms with Crippen LogP contribution in [0.25, 0.3) is 0 Å². The zero-order valence-electron chi connectivity index (χ0n) is 14.4. The summed E-state index contributed by atoms with van der Waals surface area (Å²) in [6.07, 6.45) is 1.13. The molecule has 2 heterocycles. The molecule has 1 atom stereocenters. The van der Waals surface area contributed by atoms with Crippen molar-refractivity contribution in [2.24, 2.45) is 11.1 Å². The lowest BCUT2D eigenvalue weighted by Gasteiger charge is -2.43. The molecule has 146 valence electrons. The van der Waals surface area contributed by atoms with Gasteiger partial charge in [0.25, 0.3) is 11.8 Å². The van der Waals surface area contributed by atoms with Gasteiger partial charge < -0.3 is 10.2 Å². The van der Waals surface area contributed by atoms with Crippen LogP contribution in [-0.2, 0) is 9.63 Å². The van der Waals surface area contributed by atoms with Crippen LogP contribution in [0.1, 0.15) is 44.9 Å². The third-order valence-electron chi connectivity index (χ3n) is 5.84. The van der Waals surface area contributed by atoms with E-state index in [9.17, 15) is 22.4 Å². The first-order chi connectivity index (χ1) is 12.1. The van der Waals surface area contributed by atoms with E-state index in [0.29, 0.717) is 19.5 Å². The lowest BCUT2D eigenvalue weighted by Crippen LogP contribution is -2.53. The van der Waals surface area contributed by atoms with Crippen molar-refractivity contribution in [2.45, 2.75) is 68.4 Å². The molecular formula is C17H23F4N3O2. The molecule has 0 aromatic heterocycles. The van der Waals surface area contributed by atoms with E-state index in [2.05, 4.69) is 15.4 Å². The van der Waals surface area contributed by atoms with Crippen LogP contribution in [0.2, 0.25) is 0 Å². The van der Waals surface area contributed by atoms with Gasteiger partial charge in [0.1, 0.15) is 5.71 Å². The van der Waals surface area contributed by atoms with Crippen LogP contribution in [0.15, 0.2) is 5.16 Å². The van der Waals surface area contributed by atoms with Gasteiger partial charge in [-0.05, 0) is 25.3 Å². The summed E-state index contributed by atoms with van der Waals surface area (Å²) in [6, 6.07) is -0.514. The van der Waals surface area contributed by atoms with E-state index in [1.165, 1.54) is 0 Å². The van der Waals surface area contributed by atoms with Gasteiger partial charge in [0.2, 0.25) is 5.92 Å². The van der Waals surface area contributed by atoms with E-state index in [-0.39, 0.29) is 37.3 Å². The Bertz CT molecular complexity index is 611. The highest BCUT2D eigenvalue weighted by molar-refractivity contribution is 6.39. The second kappa shape index (κ2) is 6.07. The average Bonchev–Trinajstić information content (AvgIpc) is 2.87. The Hall–Kier alpha value is -1.38. The molecule has 1 unspecified atom stereocenters. The molecule has 1 amide bonds. The summed E-state index contributed by atoms with van der Waals surface area (Å²) in [5, 5.41) is 6.48. The van der Waals surface area contributed by atoms with Crippen molar-refractivity contribution in [3.63, 3.8) is 0 Å². The van der Waals surface area contributed by atoms with E-state index in [4.69, 9.17) is 4.84 Å². The summed E-state index contributed by atoms with van der Waals surface area (Å²) in [4.78, 5) is 19.9. The molecule has 9 heteroatoms. The zero-order chi connectivity index (χ0) is 18.6. The van der Waals surface area contributed by atoms with Gasteiger partial charge >= 0.3 is 0 Å². The number of rotatable bonds is 4. The van der Waals surface area contributed by atoms with Crippen molar-refractivity contribution in [1.29, 1.82) is 0 Å². The fraction of sp³-hybridized carbons (Fsp3) is 0.882. The number of nitrogens with one attached hydrogen (secondary N) is 1. The molecule has 2 aliphatic carbocycles. The fourth-order valence-corrected chi connectivity index (χ4v) is 4.52. The smallest absolute Gasteiger partial charge is 0.269 e. The predicted octanol–water partition coefficient (Wildman–Crippen LogP) is 2.56. The molecule has 2 saturated carbocycles. The highest BCUT2D eigenvalue weighted by Gasteiger charge is 2.50. The standard InChI is InChI=1S/C17H23F4N3O2/c18-16(19)4-11(5-16)9-24-3-1-2-15(10-24)8-13(23-26-15)14(25)22-12-6-17(20,21)7-12/h11-12H,1-10H2,(H,22,25). The molecule has 26 heavy (non-hydrogen) atoms. The van der Waals surface area contributed by atoms with Gasteiger partial charge in [-0.25, -0.2) is 17.6 Å². The third-order valence-corrected chi connectivity index (χ3v) is 5.84. The molecule has 4 aliphatic rings. The Morgan fingerprint density at radius 2 is 1.88 bits per heavy atom. The highest BCUT2D eigenvalue weighted by atomic mass is 19.3. The first-order valence-electron chi connectivity index (χ1n) is 9.18. The Balaban J connectivity index is 1.27. The van der Waals surface area contributed by atoms with Crippen molar-refractivity contribution >= 4 is 11.6 Å². The average molecular weight is 377 g/mol. The number of halogens is 4. The number of alkyl halides is 4. The summed E-state index contributed by atoms with van der Waals surface area (Å²) in [5.74, 6) is -5.65. The Morgan fingerprint density at radius 1 is 1.19 bits per heavy atom. The Morgan fingerprint density at radius 3 is 2.54 bits per heavy atom. The van der Waals surface area contributed by atoms with Gasteiger partial charge in [0, 0.05) is 51.2 Å². The van der Waals surface area contributed by atoms with Crippen molar-refractivity contribution in [2.75, 3.05) is 19.6 Å². The molecular weight excluding hydrogens is 354 g/mol. The minimum atomic E-state index is -2.69. The van der Waals surface area contributed by atoms with E-state index in [1.807, 2.05) is 0 Å². The molecule has 4 rings (SSSR count). The van der Waals surface area contributed by atoms with Crippen LogP contribution in [0.5, 0.6) is 0 Å². The minimum absolute atomic E-state index is 0.00512. The number of amides is 1. The van der Waals surface area contributed by atoms with Gasteiger partial charge in [-0.3, -0.25) is 9.69 Å². The topological polar surface area (TPSA) is 53.9 Å². The van der Waals surface area contributed by atoms with Crippen LogP contribution in [0.4, 0.5) is 17.6 Å². The van der Waals surface area contributed by atoms with E-state index in [1.54, 1.807) is 0 Å². The molecule has 5 nitrogen and oxygen atoms in total. The number of likely N-dealkylation sites (tertiary alicyclic amines) is 1.